The normalized spacial score (nSPS) is 49.0. The minimum Gasteiger partial charge on any atom is -0.462 e. The fourth-order valence-corrected chi connectivity index (χ4v) is 8.99. The fourth-order valence-electron chi connectivity index (χ4n) is 8.99. The summed E-state index contributed by atoms with van der Waals surface area (Å²) in [4.78, 5) is 38.8. The van der Waals surface area contributed by atoms with E-state index < -0.39 is 58.5 Å². The van der Waals surface area contributed by atoms with Crippen LogP contribution in [0.15, 0.2) is 12.2 Å². The number of fused-ring (bicyclic) bond motifs is 2. The maximum Gasteiger partial charge on any atom is 0.302 e. The maximum absolute atomic E-state index is 14.2. The third-order valence-corrected chi connectivity index (χ3v) is 10.0. The number of hydrogen-bond donors (Lipinski definition) is 1. The summed E-state index contributed by atoms with van der Waals surface area (Å²) >= 11 is 0. The Labute approximate surface area is 206 Å². The van der Waals surface area contributed by atoms with Gasteiger partial charge in [0.05, 0.1) is 11.5 Å². The SMILES string of the molecule is C=C1C(=O)[C@]23[C@@H]4[C@@H](OC(C)=O)C[C@]1(O)[C@@H]2OC(C)(C)O[C@@H]3C[C@@H]1C(C)(C)CC[C@@H](OC(C)=O)[C@]14C. The third kappa shape index (κ3) is 2.99. The number of Topliss-reactive ketones (excluding diaryl/α,β-unsaturated/α-hetero) is 1. The molecule has 5 aliphatic rings. The first kappa shape index (κ1) is 24.9. The second-order valence-corrected chi connectivity index (χ2v) is 12.8. The van der Waals surface area contributed by atoms with Crippen molar-refractivity contribution in [3.63, 3.8) is 0 Å². The molecule has 194 valence electrons. The van der Waals surface area contributed by atoms with E-state index in [0.717, 1.165) is 6.42 Å². The van der Waals surface area contributed by atoms with Gasteiger partial charge in [-0.25, -0.2) is 0 Å². The monoisotopic (exact) mass is 490 g/mol. The van der Waals surface area contributed by atoms with Crippen LogP contribution in [-0.4, -0.2) is 58.6 Å². The number of rotatable bonds is 2. The van der Waals surface area contributed by atoms with Gasteiger partial charge in [-0.05, 0) is 44.4 Å². The summed E-state index contributed by atoms with van der Waals surface area (Å²) in [5, 5.41) is 11.9. The molecule has 4 saturated carbocycles. The number of carbonyl (C=O) groups is 3. The molecule has 0 radical (unpaired) electrons. The Morgan fingerprint density at radius 3 is 2.29 bits per heavy atom. The second-order valence-electron chi connectivity index (χ2n) is 12.8. The Kier molecular flexibility index (Phi) is 5.10. The highest BCUT2D eigenvalue weighted by atomic mass is 16.7. The van der Waals surface area contributed by atoms with Gasteiger partial charge in [0, 0.05) is 37.2 Å². The van der Waals surface area contributed by atoms with E-state index in [4.69, 9.17) is 18.9 Å². The fraction of sp³-hybridized carbons (Fsp3) is 0.815. The van der Waals surface area contributed by atoms with Gasteiger partial charge in [0.15, 0.2) is 11.6 Å². The van der Waals surface area contributed by atoms with Crippen molar-refractivity contribution in [1.29, 1.82) is 0 Å². The maximum atomic E-state index is 14.2. The molecule has 1 N–H and O–H groups in total. The zero-order valence-electron chi connectivity index (χ0n) is 21.8. The molecule has 9 atom stereocenters. The molecule has 1 heterocycles. The van der Waals surface area contributed by atoms with E-state index >= 15 is 0 Å². The minimum absolute atomic E-state index is 0.00538. The van der Waals surface area contributed by atoms with Crippen molar-refractivity contribution < 1.29 is 38.4 Å². The van der Waals surface area contributed by atoms with Crippen LogP contribution in [0.1, 0.15) is 74.1 Å². The smallest absolute Gasteiger partial charge is 0.302 e. The first-order chi connectivity index (χ1) is 16.0. The molecule has 35 heavy (non-hydrogen) atoms. The first-order valence-electron chi connectivity index (χ1n) is 12.7. The quantitative estimate of drug-likeness (QED) is 0.465. The lowest BCUT2D eigenvalue weighted by Crippen LogP contribution is -2.78. The predicted octanol–water partition coefficient (Wildman–Crippen LogP) is 3.09. The van der Waals surface area contributed by atoms with Gasteiger partial charge in [-0.15, -0.1) is 0 Å². The van der Waals surface area contributed by atoms with Crippen LogP contribution in [0.2, 0.25) is 0 Å². The lowest BCUT2D eigenvalue weighted by molar-refractivity contribution is -0.406. The van der Waals surface area contributed by atoms with Crippen LogP contribution in [-0.2, 0) is 33.3 Å². The van der Waals surface area contributed by atoms with Crippen molar-refractivity contribution in [2.45, 2.75) is 110 Å². The molecule has 5 rings (SSSR count). The Morgan fingerprint density at radius 2 is 1.69 bits per heavy atom. The number of ketones is 1. The lowest BCUT2D eigenvalue weighted by atomic mass is 9.38. The zero-order valence-corrected chi connectivity index (χ0v) is 21.8. The highest BCUT2D eigenvalue weighted by Gasteiger charge is 2.84. The Balaban J connectivity index is 1.80. The van der Waals surface area contributed by atoms with Gasteiger partial charge < -0.3 is 24.1 Å². The van der Waals surface area contributed by atoms with Crippen LogP contribution < -0.4 is 0 Å². The second kappa shape index (κ2) is 7.17. The molecule has 1 saturated heterocycles. The molecule has 5 fully saturated rings. The molecule has 1 spiro atoms. The highest BCUT2D eigenvalue weighted by molar-refractivity contribution is 6.06. The van der Waals surface area contributed by atoms with E-state index in [-0.39, 0.29) is 35.1 Å². The van der Waals surface area contributed by atoms with Gasteiger partial charge in [-0.1, -0.05) is 27.4 Å². The van der Waals surface area contributed by atoms with Crippen LogP contribution >= 0.6 is 0 Å². The van der Waals surface area contributed by atoms with Crippen LogP contribution in [0.5, 0.6) is 0 Å². The summed E-state index contributed by atoms with van der Waals surface area (Å²) in [6.07, 6.45) is -0.777. The molecule has 4 aliphatic carbocycles. The number of ether oxygens (including phenoxy) is 4. The van der Waals surface area contributed by atoms with E-state index in [1.165, 1.54) is 13.8 Å². The van der Waals surface area contributed by atoms with E-state index in [1.807, 2.05) is 0 Å². The largest absolute Gasteiger partial charge is 0.462 e. The van der Waals surface area contributed by atoms with Crippen molar-refractivity contribution in [1.82, 2.24) is 0 Å². The molecule has 8 nitrogen and oxygen atoms in total. The average Bonchev–Trinajstić information content (AvgIpc) is 2.81. The summed E-state index contributed by atoms with van der Waals surface area (Å²) in [7, 11) is 0. The van der Waals surface area contributed by atoms with E-state index in [9.17, 15) is 19.5 Å². The molecule has 0 unspecified atom stereocenters. The van der Waals surface area contributed by atoms with Gasteiger partial charge in [-0.3, -0.25) is 14.4 Å². The van der Waals surface area contributed by atoms with Crippen molar-refractivity contribution in [3.8, 4) is 0 Å². The molecule has 0 aromatic heterocycles. The first-order valence-corrected chi connectivity index (χ1v) is 12.7. The lowest BCUT2D eigenvalue weighted by Gasteiger charge is -2.70. The summed E-state index contributed by atoms with van der Waals surface area (Å²) in [6.45, 7) is 16.8. The zero-order chi connectivity index (χ0) is 25.9. The summed E-state index contributed by atoms with van der Waals surface area (Å²) in [5.41, 5.74) is -3.80. The molecule has 0 aromatic carbocycles. The minimum atomic E-state index is -1.68. The molecular formula is C27H38O8. The van der Waals surface area contributed by atoms with Crippen molar-refractivity contribution in [2.75, 3.05) is 0 Å². The van der Waals surface area contributed by atoms with Gasteiger partial charge in [0.1, 0.15) is 23.9 Å². The molecule has 0 amide bonds. The topological polar surface area (TPSA) is 108 Å². The molecular weight excluding hydrogens is 452 g/mol. The number of esters is 2. The van der Waals surface area contributed by atoms with Crippen molar-refractivity contribution in [3.05, 3.63) is 12.2 Å². The standard InChI is InChI=1S/C27H38O8/c1-13-21(30)27-19-11-17-23(4,5)10-9-18(33-15(3)29)25(17,8)20(27)16(32-14(2)28)12-26(13,31)22(27)35-24(6,7)34-19/h16-20,22,31H,1,9-12H2,2-8H3/t16-,17+,18+,19+,20+,22-,25-,26+,27-/m0/s1. The molecule has 1 aliphatic heterocycles. The number of hydrogen-bond acceptors (Lipinski definition) is 8. The molecule has 2 bridgehead atoms. The molecule has 0 aromatic rings. The van der Waals surface area contributed by atoms with Gasteiger partial charge in [-0.2, -0.15) is 0 Å². The Morgan fingerprint density at radius 1 is 1.06 bits per heavy atom. The van der Waals surface area contributed by atoms with Crippen LogP contribution in [0.25, 0.3) is 0 Å². The highest BCUT2D eigenvalue weighted by Crippen LogP contribution is 2.74. The van der Waals surface area contributed by atoms with E-state index in [1.54, 1.807) is 13.8 Å². The summed E-state index contributed by atoms with van der Waals surface area (Å²) < 4.78 is 24.8. The van der Waals surface area contributed by atoms with Gasteiger partial charge >= 0.3 is 11.9 Å². The molecule has 8 heteroatoms. The number of aliphatic hydroxyl groups is 1. The van der Waals surface area contributed by atoms with Gasteiger partial charge in [0.25, 0.3) is 0 Å². The van der Waals surface area contributed by atoms with Crippen LogP contribution in [0.3, 0.4) is 0 Å². The average molecular weight is 491 g/mol. The van der Waals surface area contributed by atoms with Crippen LogP contribution in [0.4, 0.5) is 0 Å². The summed E-state index contributed by atoms with van der Waals surface area (Å²) in [5.74, 6) is -2.81. The summed E-state index contributed by atoms with van der Waals surface area (Å²) in [6, 6.07) is 0. The van der Waals surface area contributed by atoms with Crippen molar-refractivity contribution >= 4 is 17.7 Å². The van der Waals surface area contributed by atoms with Crippen LogP contribution in [0, 0.1) is 28.1 Å². The Hall–Kier alpha value is -1.77. The van der Waals surface area contributed by atoms with E-state index in [2.05, 4.69) is 27.4 Å². The number of carbonyl (C=O) groups excluding carboxylic acids is 3. The van der Waals surface area contributed by atoms with Gasteiger partial charge in [0.2, 0.25) is 0 Å². The predicted molar refractivity (Wildman–Crippen MR) is 124 cm³/mol. The van der Waals surface area contributed by atoms with Crippen molar-refractivity contribution in [2.24, 2.45) is 28.1 Å². The third-order valence-electron chi connectivity index (χ3n) is 10.0. The van der Waals surface area contributed by atoms with E-state index in [0.29, 0.717) is 12.8 Å². The Bertz CT molecular complexity index is 1010.